The third-order valence-electron chi connectivity index (χ3n) is 7.68. The van der Waals surface area contributed by atoms with Crippen molar-refractivity contribution in [2.75, 3.05) is 24.6 Å². The summed E-state index contributed by atoms with van der Waals surface area (Å²) in [5.41, 5.74) is 0. The first kappa shape index (κ1) is 42.9. The second kappa shape index (κ2) is 21.9. The lowest BCUT2D eigenvalue weighted by Gasteiger charge is -2.21. The molecular weight excluding hydrogens is 855 g/mol. The van der Waals surface area contributed by atoms with Crippen LogP contribution in [-0.4, -0.2) is 62.0 Å². The topological polar surface area (TPSA) is 145 Å². The average molecular weight is 896 g/mol. The van der Waals surface area contributed by atoms with Gasteiger partial charge in [0.1, 0.15) is 0 Å². The number of nitrogens with one attached hydrogen (secondary N) is 3. The van der Waals surface area contributed by atoms with Crippen LogP contribution >= 0.6 is 68.0 Å². The third kappa shape index (κ3) is 15.0. The van der Waals surface area contributed by atoms with Gasteiger partial charge in [0.25, 0.3) is 0 Å². The van der Waals surface area contributed by atoms with Gasteiger partial charge in [-0.15, -0.1) is 68.0 Å². The predicted octanol–water partition coefficient (Wildman–Crippen LogP) is 7.26. The Morgan fingerprint density at radius 3 is 1.18 bits per heavy atom. The molecule has 0 bridgehead atoms. The van der Waals surface area contributed by atoms with Crippen molar-refractivity contribution in [3.8, 4) is 0 Å². The SMILES string of the molecule is O=C(Cc1cccs1)NCCS(=O)(=O)N(Cc1cccs1)Cc1cccs1.O=C(NCCS(=O)(=O)N(Cc1cccs1)Cc1cccs1)NCc1cccs1. The molecule has 0 aliphatic rings. The molecule has 0 atom stereocenters. The van der Waals surface area contributed by atoms with E-state index in [0.717, 1.165) is 29.3 Å². The van der Waals surface area contributed by atoms with E-state index in [1.165, 1.54) is 65.3 Å². The van der Waals surface area contributed by atoms with Crippen molar-refractivity contribution in [2.24, 2.45) is 0 Å². The molecule has 0 unspecified atom stereocenters. The first-order valence-corrected chi connectivity index (χ1v) is 25.4. The van der Waals surface area contributed by atoms with E-state index in [1.54, 1.807) is 11.3 Å². The highest BCUT2D eigenvalue weighted by Crippen LogP contribution is 2.22. The van der Waals surface area contributed by atoms with Crippen molar-refractivity contribution in [1.29, 1.82) is 0 Å². The van der Waals surface area contributed by atoms with Gasteiger partial charge in [0, 0.05) is 68.5 Å². The van der Waals surface area contributed by atoms with Gasteiger partial charge in [0.2, 0.25) is 26.0 Å². The van der Waals surface area contributed by atoms with Crippen LogP contribution in [0.5, 0.6) is 0 Å². The van der Waals surface area contributed by atoms with Crippen molar-refractivity contribution in [3.05, 3.63) is 134 Å². The molecule has 6 aromatic rings. The molecule has 6 heterocycles. The lowest BCUT2D eigenvalue weighted by atomic mass is 10.3. The Balaban J connectivity index is 0.000000211. The van der Waals surface area contributed by atoms with Crippen LogP contribution < -0.4 is 16.0 Å². The highest BCUT2D eigenvalue weighted by Gasteiger charge is 2.25. The van der Waals surface area contributed by atoms with E-state index >= 15 is 0 Å². The van der Waals surface area contributed by atoms with Crippen LogP contribution in [0.3, 0.4) is 0 Å². The zero-order chi connectivity index (χ0) is 38.9. The molecule has 19 heteroatoms. The molecule has 294 valence electrons. The van der Waals surface area contributed by atoms with E-state index in [-0.39, 0.29) is 43.0 Å². The highest BCUT2D eigenvalue weighted by atomic mass is 32.2. The van der Waals surface area contributed by atoms with Gasteiger partial charge < -0.3 is 16.0 Å². The Morgan fingerprint density at radius 1 is 0.473 bits per heavy atom. The van der Waals surface area contributed by atoms with Gasteiger partial charge in [0.05, 0.1) is 24.5 Å². The van der Waals surface area contributed by atoms with Crippen molar-refractivity contribution in [1.82, 2.24) is 24.6 Å². The summed E-state index contributed by atoms with van der Waals surface area (Å²) in [7, 11) is -7.02. The fourth-order valence-electron chi connectivity index (χ4n) is 4.96. The molecule has 3 N–H and O–H groups in total. The Kier molecular flexibility index (Phi) is 17.1. The number of rotatable bonds is 20. The predicted molar refractivity (Wildman–Crippen MR) is 229 cm³/mol. The summed E-state index contributed by atoms with van der Waals surface area (Å²) in [5, 5.41) is 19.7. The minimum atomic E-state index is -3.52. The van der Waals surface area contributed by atoms with Crippen LogP contribution in [0.4, 0.5) is 4.79 Å². The summed E-state index contributed by atoms with van der Waals surface area (Å²) in [6.07, 6.45) is 0.284. The fraction of sp³-hybridized carbons (Fsp3) is 0.278. The summed E-state index contributed by atoms with van der Waals surface area (Å²) in [6, 6.07) is 22.7. The molecule has 0 fully saturated rings. The molecule has 6 rings (SSSR count). The van der Waals surface area contributed by atoms with E-state index in [0.29, 0.717) is 32.7 Å². The maximum atomic E-state index is 12.9. The van der Waals surface area contributed by atoms with E-state index in [2.05, 4.69) is 16.0 Å². The lowest BCUT2D eigenvalue weighted by Crippen LogP contribution is -2.40. The summed E-state index contributed by atoms with van der Waals surface area (Å²) in [5.74, 6) is -0.411. The summed E-state index contributed by atoms with van der Waals surface area (Å²) < 4.78 is 54.5. The zero-order valence-electron chi connectivity index (χ0n) is 29.6. The van der Waals surface area contributed by atoms with Crippen LogP contribution in [0.2, 0.25) is 0 Å². The maximum absolute atomic E-state index is 12.9. The summed E-state index contributed by atoms with van der Waals surface area (Å²) >= 11 is 9.22. The first-order chi connectivity index (χ1) is 26.6. The Bertz CT molecular complexity index is 2100. The largest absolute Gasteiger partial charge is 0.355 e. The van der Waals surface area contributed by atoms with E-state index in [9.17, 15) is 26.4 Å². The van der Waals surface area contributed by atoms with Gasteiger partial charge in [0.15, 0.2) is 0 Å². The van der Waals surface area contributed by atoms with Gasteiger partial charge in [-0.3, -0.25) is 4.79 Å². The number of carbonyl (C=O) groups excluding carboxylic acids is 2. The van der Waals surface area contributed by atoms with Crippen molar-refractivity contribution >= 4 is 100 Å². The quantitative estimate of drug-likeness (QED) is 0.0736. The van der Waals surface area contributed by atoms with Crippen molar-refractivity contribution < 1.29 is 26.4 Å². The lowest BCUT2D eigenvalue weighted by molar-refractivity contribution is -0.120. The minimum Gasteiger partial charge on any atom is -0.355 e. The number of sulfonamides is 2. The van der Waals surface area contributed by atoms with Crippen molar-refractivity contribution in [3.63, 3.8) is 0 Å². The number of hydrogen-bond acceptors (Lipinski definition) is 12. The number of amides is 3. The molecule has 0 radical (unpaired) electrons. The molecule has 0 aliphatic heterocycles. The molecular formula is C36H41N5O6S8. The van der Waals surface area contributed by atoms with Gasteiger partial charge in [-0.05, 0) is 68.7 Å². The number of nitrogens with zero attached hydrogens (tertiary/aromatic N) is 2. The number of thiophene rings is 6. The molecule has 11 nitrogen and oxygen atoms in total. The van der Waals surface area contributed by atoms with Crippen LogP contribution in [0.15, 0.2) is 105 Å². The Morgan fingerprint density at radius 2 is 0.818 bits per heavy atom. The normalized spacial score (nSPS) is 11.7. The number of carbonyl (C=O) groups is 2. The van der Waals surface area contributed by atoms with E-state index in [1.807, 2.05) is 105 Å². The molecule has 0 aromatic carbocycles. The maximum Gasteiger partial charge on any atom is 0.315 e. The van der Waals surface area contributed by atoms with Crippen LogP contribution in [0.1, 0.15) is 29.3 Å². The smallest absolute Gasteiger partial charge is 0.315 e. The molecule has 0 aliphatic carbocycles. The van der Waals surface area contributed by atoms with Gasteiger partial charge in [-0.1, -0.05) is 36.4 Å². The van der Waals surface area contributed by atoms with Crippen LogP contribution in [-0.2, 0) is 64.0 Å². The minimum absolute atomic E-state index is 0.0595. The highest BCUT2D eigenvalue weighted by molar-refractivity contribution is 7.89. The third-order valence-corrected chi connectivity index (χ3v) is 16.4. The fourth-order valence-corrected chi connectivity index (χ4v) is 12.1. The van der Waals surface area contributed by atoms with E-state index < -0.39 is 20.0 Å². The molecule has 0 saturated heterocycles. The molecule has 3 amide bonds. The standard InChI is InChI=1S/C18H21N3O3S4.C18H20N2O3S4/c22-18(20-12-15-4-1-8-25-15)19-7-11-28(23,24)21(13-16-5-2-9-26-16)14-17-6-3-10-27-17;21-18(12-15-4-1-8-24-15)19-7-11-27(22,23)20(13-16-5-2-9-25-16)14-17-6-3-10-26-17/h1-6,8-10H,7,11-14H2,(H2,19,20,22);1-6,8-10H,7,11-14H2,(H,19,21). The number of urea groups is 1. The average Bonchev–Trinajstić information content (AvgIpc) is 3.99. The van der Waals surface area contributed by atoms with Crippen LogP contribution in [0, 0.1) is 0 Å². The second-order valence-corrected chi connectivity index (χ2v) is 22.2. The van der Waals surface area contributed by atoms with Gasteiger partial charge in [-0.2, -0.15) is 8.61 Å². The Labute approximate surface area is 346 Å². The summed E-state index contributed by atoms with van der Waals surface area (Å²) in [6.45, 7) is 1.97. The van der Waals surface area contributed by atoms with E-state index in [4.69, 9.17) is 0 Å². The second-order valence-electron chi connectivity index (χ2n) is 11.8. The van der Waals surface area contributed by atoms with Gasteiger partial charge >= 0.3 is 6.03 Å². The Hall–Kier alpha value is -3.24. The molecule has 55 heavy (non-hydrogen) atoms. The van der Waals surface area contributed by atoms with Crippen LogP contribution in [0.25, 0.3) is 0 Å². The van der Waals surface area contributed by atoms with Gasteiger partial charge in [-0.25, -0.2) is 21.6 Å². The molecule has 0 saturated carbocycles. The first-order valence-electron chi connectivity index (χ1n) is 16.9. The monoisotopic (exact) mass is 895 g/mol. The van der Waals surface area contributed by atoms with Crippen molar-refractivity contribution in [2.45, 2.75) is 39.1 Å². The zero-order valence-corrected chi connectivity index (χ0v) is 36.1. The number of hydrogen-bond donors (Lipinski definition) is 3. The molecule has 0 spiro atoms. The summed E-state index contributed by atoms with van der Waals surface area (Å²) in [4.78, 5) is 29.8. The molecule has 6 aromatic heterocycles.